The Labute approximate surface area is 93.6 Å². The molecular weight excluding hydrogens is 216 g/mol. The first-order valence-electron chi connectivity index (χ1n) is 4.69. The maximum Gasteiger partial charge on any atom is 0.258 e. The van der Waals surface area contributed by atoms with Gasteiger partial charge in [0.1, 0.15) is 6.04 Å². The van der Waals surface area contributed by atoms with Gasteiger partial charge in [0.05, 0.1) is 10.7 Å². The van der Waals surface area contributed by atoms with Gasteiger partial charge < -0.3 is 0 Å². The molecule has 0 radical (unpaired) electrons. The van der Waals surface area contributed by atoms with E-state index in [0.717, 1.165) is 0 Å². The highest BCUT2D eigenvalue weighted by atomic mass is 35.5. The zero-order chi connectivity index (χ0) is 11.6. The summed E-state index contributed by atoms with van der Waals surface area (Å²) < 4.78 is 1.55. The van der Waals surface area contributed by atoms with Gasteiger partial charge in [0.25, 0.3) is 5.91 Å². The van der Waals surface area contributed by atoms with E-state index in [2.05, 4.69) is 10.5 Å². The van der Waals surface area contributed by atoms with Crippen molar-refractivity contribution in [3.63, 3.8) is 0 Å². The van der Waals surface area contributed by atoms with E-state index < -0.39 is 6.04 Å². The number of hydrogen-bond acceptors (Lipinski definition) is 3. The number of hydrogen-bond donors (Lipinski definition) is 2. The summed E-state index contributed by atoms with van der Waals surface area (Å²) in [5, 5.41) is 4.72. The average Bonchev–Trinajstić information content (AvgIpc) is 2.46. The molecule has 84 valence electrons. The number of carbonyl (C=O) groups excluding carboxylic acids is 1. The number of nitrogens with two attached hydrogens (primary N) is 1. The Bertz CT molecular complexity index is 341. The van der Waals surface area contributed by atoms with Crippen molar-refractivity contribution in [2.24, 2.45) is 11.8 Å². The summed E-state index contributed by atoms with van der Waals surface area (Å²) in [5.74, 6) is 4.93. The monoisotopic (exact) mass is 230 g/mol. The predicted octanol–water partition coefficient (Wildman–Crippen LogP) is 1.03. The smallest absolute Gasteiger partial charge is 0.258 e. The molecule has 15 heavy (non-hydrogen) atoms. The van der Waals surface area contributed by atoms with E-state index in [9.17, 15) is 4.79 Å². The lowest BCUT2D eigenvalue weighted by molar-refractivity contribution is -0.125. The van der Waals surface area contributed by atoms with E-state index >= 15 is 0 Å². The minimum Gasteiger partial charge on any atom is -0.292 e. The molecule has 1 heterocycles. The third kappa shape index (κ3) is 2.49. The molecule has 1 rings (SSSR count). The summed E-state index contributed by atoms with van der Waals surface area (Å²) >= 11 is 5.88. The molecule has 0 saturated carbocycles. The van der Waals surface area contributed by atoms with Crippen molar-refractivity contribution in [1.29, 1.82) is 0 Å². The number of halogens is 1. The summed E-state index contributed by atoms with van der Waals surface area (Å²) in [4.78, 5) is 11.5. The first-order chi connectivity index (χ1) is 6.97. The van der Waals surface area contributed by atoms with Crippen LogP contribution >= 0.6 is 11.6 Å². The molecular formula is C9H15ClN4O. The highest BCUT2D eigenvalue weighted by Crippen LogP contribution is 2.21. The Balaban J connectivity index is 3.04. The molecule has 0 aliphatic carbocycles. The van der Waals surface area contributed by atoms with E-state index in [-0.39, 0.29) is 11.8 Å². The highest BCUT2D eigenvalue weighted by molar-refractivity contribution is 6.31. The van der Waals surface area contributed by atoms with Gasteiger partial charge in [-0.1, -0.05) is 25.4 Å². The van der Waals surface area contributed by atoms with Crippen LogP contribution in [0.4, 0.5) is 0 Å². The zero-order valence-corrected chi connectivity index (χ0v) is 9.75. The molecule has 1 unspecified atom stereocenters. The quantitative estimate of drug-likeness (QED) is 0.463. The number of carbonyl (C=O) groups is 1. The van der Waals surface area contributed by atoms with Crippen molar-refractivity contribution < 1.29 is 4.79 Å². The van der Waals surface area contributed by atoms with Crippen LogP contribution in [0.1, 0.15) is 25.6 Å². The molecule has 1 aromatic heterocycles. The van der Waals surface area contributed by atoms with E-state index in [1.54, 1.807) is 17.8 Å². The lowest BCUT2D eigenvalue weighted by Gasteiger charge is -2.19. The second kappa shape index (κ2) is 4.63. The zero-order valence-electron chi connectivity index (χ0n) is 8.99. The highest BCUT2D eigenvalue weighted by Gasteiger charge is 2.24. The number of hydrazine groups is 1. The number of aryl methyl sites for hydroxylation is 1. The second-order valence-electron chi connectivity index (χ2n) is 3.74. The number of nitrogens with one attached hydrogen (secondary N) is 1. The Hall–Kier alpha value is -1.07. The number of nitrogens with zero attached hydrogens (tertiary/aromatic N) is 2. The van der Waals surface area contributed by atoms with Crippen molar-refractivity contribution >= 4 is 17.5 Å². The van der Waals surface area contributed by atoms with Gasteiger partial charge in [-0.3, -0.25) is 14.9 Å². The van der Waals surface area contributed by atoms with Crippen molar-refractivity contribution in [1.82, 2.24) is 15.2 Å². The van der Waals surface area contributed by atoms with Gasteiger partial charge in [0.2, 0.25) is 0 Å². The molecule has 0 bridgehead atoms. The number of rotatable bonds is 3. The van der Waals surface area contributed by atoms with Gasteiger partial charge in [0, 0.05) is 6.20 Å². The average molecular weight is 231 g/mol. The fourth-order valence-corrected chi connectivity index (χ4v) is 1.55. The number of amides is 1. The SMILES string of the molecule is Cc1nn(C(C(=O)NN)C(C)C)cc1Cl. The third-order valence-corrected chi connectivity index (χ3v) is 2.56. The first kappa shape index (κ1) is 12.0. The lowest BCUT2D eigenvalue weighted by Crippen LogP contribution is -2.39. The summed E-state index contributed by atoms with van der Waals surface area (Å²) in [7, 11) is 0. The Kier molecular flexibility index (Phi) is 3.71. The van der Waals surface area contributed by atoms with Crippen molar-refractivity contribution in [2.75, 3.05) is 0 Å². The van der Waals surface area contributed by atoms with Crippen LogP contribution in [0.25, 0.3) is 0 Å². The molecule has 0 spiro atoms. The van der Waals surface area contributed by atoms with Gasteiger partial charge in [-0.15, -0.1) is 0 Å². The van der Waals surface area contributed by atoms with Gasteiger partial charge in [0.15, 0.2) is 0 Å². The van der Waals surface area contributed by atoms with Gasteiger partial charge in [-0.2, -0.15) is 5.10 Å². The molecule has 0 saturated heterocycles. The van der Waals surface area contributed by atoms with Gasteiger partial charge in [-0.25, -0.2) is 5.84 Å². The molecule has 5 nitrogen and oxygen atoms in total. The van der Waals surface area contributed by atoms with Crippen LogP contribution in [0.2, 0.25) is 5.02 Å². The Morgan fingerprint density at radius 3 is 2.60 bits per heavy atom. The molecule has 0 aliphatic heterocycles. The van der Waals surface area contributed by atoms with E-state index in [0.29, 0.717) is 10.7 Å². The molecule has 0 fully saturated rings. The molecule has 0 aliphatic rings. The largest absolute Gasteiger partial charge is 0.292 e. The minimum absolute atomic E-state index is 0.0870. The first-order valence-corrected chi connectivity index (χ1v) is 5.07. The summed E-state index contributed by atoms with van der Waals surface area (Å²) in [6.45, 7) is 5.63. The topological polar surface area (TPSA) is 72.9 Å². The van der Waals surface area contributed by atoms with Gasteiger partial charge >= 0.3 is 0 Å². The van der Waals surface area contributed by atoms with Crippen molar-refractivity contribution in [3.05, 3.63) is 16.9 Å². The van der Waals surface area contributed by atoms with E-state index in [4.69, 9.17) is 17.4 Å². The summed E-state index contributed by atoms with van der Waals surface area (Å²) in [6, 6.07) is -0.429. The van der Waals surface area contributed by atoms with Crippen LogP contribution in [0.15, 0.2) is 6.20 Å². The minimum atomic E-state index is -0.429. The maximum absolute atomic E-state index is 11.5. The standard InChI is InChI=1S/C9H15ClN4O/c1-5(2)8(9(15)12-11)14-4-7(10)6(3)13-14/h4-5,8H,11H2,1-3H3,(H,12,15). The Morgan fingerprint density at radius 2 is 2.27 bits per heavy atom. The summed E-state index contributed by atoms with van der Waals surface area (Å²) in [6.07, 6.45) is 1.64. The Morgan fingerprint density at radius 1 is 1.67 bits per heavy atom. The van der Waals surface area contributed by atoms with Gasteiger partial charge in [-0.05, 0) is 12.8 Å². The van der Waals surface area contributed by atoms with Crippen LogP contribution in [0.3, 0.4) is 0 Å². The predicted molar refractivity (Wildman–Crippen MR) is 58.2 cm³/mol. The maximum atomic E-state index is 11.5. The molecule has 1 atom stereocenters. The van der Waals surface area contributed by atoms with Crippen molar-refractivity contribution in [3.8, 4) is 0 Å². The lowest BCUT2D eigenvalue weighted by atomic mass is 10.0. The number of aromatic nitrogens is 2. The third-order valence-electron chi connectivity index (χ3n) is 2.18. The second-order valence-corrected chi connectivity index (χ2v) is 4.15. The fraction of sp³-hybridized carbons (Fsp3) is 0.556. The van der Waals surface area contributed by atoms with Crippen LogP contribution in [-0.2, 0) is 4.79 Å². The van der Waals surface area contributed by atoms with Crippen LogP contribution in [0, 0.1) is 12.8 Å². The molecule has 0 aromatic carbocycles. The fourth-order valence-electron chi connectivity index (χ4n) is 1.42. The van der Waals surface area contributed by atoms with E-state index in [1.165, 1.54) is 0 Å². The van der Waals surface area contributed by atoms with Crippen LogP contribution in [-0.4, -0.2) is 15.7 Å². The van der Waals surface area contributed by atoms with Crippen LogP contribution in [0.5, 0.6) is 0 Å². The molecule has 1 aromatic rings. The normalized spacial score (nSPS) is 12.9. The molecule has 6 heteroatoms. The summed E-state index contributed by atoms with van der Waals surface area (Å²) in [5.41, 5.74) is 2.83. The van der Waals surface area contributed by atoms with E-state index in [1.807, 2.05) is 13.8 Å². The van der Waals surface area contributed by atoms with Crippen molar-refractivity contribution in [2.45, 2.75) is 26.8 Å². The molecule has 1 amide bonds. The molecule has 3 N–H and O–H groups in total. The van der Waals surface area contributed by atoms with Crippen LogP contribution < -0.4 is 11.3 Å².